The van der Waals surface area contributed by atoms with Crippen LogP contribution in [0.25, 0.3) is 0 Å². The van der Waals surface area contributed by atoms with Crippen molar-refractivity contribution in [1.29, 1.82) is 0 Å². The second kappa shape index (κ2) is 8.95. The molecule has 1 heterocycles. The van der Waals surface area contributed by atoms with Crippen LogP contribution in [0.4, 0.5) is 0 Å². The van der Waals surface area contributed by atoms with Gasteiger partial charge in [0.2, 0.25) is 5.91 Å². The van der Waals surface area contributed by atoms with Gasteiger partial charge in [0.1, 0.15) is 0 Å². The van der Waals surface area contributed by atoms with Gasteiger partial charge in [-0.3, -0.25) is 4.79 Å². The third-order valence-electron chi connectivity index (χ3n) is 2.57. The zero-order chi connectivity index (χ0) is 10.2. The Morgan fingerprint density at radius 1 is 1.60 bits per heavy atom. The molecule has 0 saturated carbocycles. The normalized spacial score (nSPS) is 19.7. The van der Waals surface area contributed by atoms with Crippen molar-refractivity contribution in [2.45, 2.75) is 19.3 Å². The number of carbonyl (C=O) groups is 1. The van der Waals surface area contributed by atoms with Crippen LogP contribution in [0.1, 0.15) is 19.3 Å². The summed E-state index contributed by atoms with van der Waals surface area (Å²) in [5.41, 5.74) is 0. The summed E-state index contributed by atoms with van der Waals surface area (Å²) < 4.78 is 4.85. The molecule has 4 nitrogen and oxygen atoms in total. The molecular weight excluding hydrogens is 216 g/mol. The first kappa shape index (κ1) is 14.7. The summed E-state index contributed by atoms with van der Waals surface area (Å²) in [7, 11) is 1.64. The molecule has 0 aromatic heterocycles. The van der Waals surface area contributed by atoms with Crippen molar-refractivity contribution in [3.05, 3.63) is 0 Å². The van der Waals surface area contributed by atoms with E-state index >= 15 is 0 Å². The van der Waals surface area contributed by atoms with Gasteiger partial charge in [-0.2, -0.15) is 0 Å². The number of halogens is 1. The number of hydrogen-bond acceptors (Lipinski definition) is 3. The van der Waals surface area contributed by atoms with Gasteiger partial charge >= 0.3 is 0 Å². The zero-order valence-electron chi connectivity index (χ0n) is 9.25. The van der Waals surface area contributed by atoms with Gasteiger partial charge in [0.15, 0.2) is 0 Å². The average molecular weight is 237 g/mol. The number of amides is 1. The standard InChI is InChI=1S/C10H20N2O2.ClH/c1-14-7-6-12-10(13)3-2-9-4-5-11-8-9;/h9,11H,2-8H2,1H3,(H,12,13);1H. The van der Waals surface area contributed by atoms with Crippen molar-refractivity contribution in [2.75, 3.05) is 33.4 Å². The Morgan fingerprint density at radius 2 is 2.40 bits per heavy atom. The van der Waals surface area contributed by atoms with Gasteiger partial charge in [-0.15, -0.1) is 12.4 Å². The van der Waals surface area contributed by atoms with Crippen molar-refractivity contribution >= 4 is 18.3 Å². The lowest BCUT2D eigenvalue weighted by atomic mass is 10.0. The number of rotatable bonds is 6. The summed E-state index contributed by atoms with van der Waals surface area (Å²) in [6.45, 7) is 3.40. The predicted molar refractivity (Wildman–Crippen MR) is 62.3 cm³/mol. The fraction of sp³-hybridized carbons (Fsp3) is 0.900. The number of nitrogens with one attached hydrogen (secondary N) is 2. The van der Waals surface area contributed by atoms with Gasteiger partial charge in [-0.25, -0.2) is 0 Å². The van der Waals surface area contributed by atoms with Crippen LogP contribution in [0.5, 0.6) is 0 Å². The van der Waals surface area contributed by atoms with E-state index in [9.17, 15) is 4.79 Å². The minimum Gasteiger partial charge on any atom is -0.383 e. The highest BCUT2D eigenvalue weighted by Crippen LogP contribution is 2.13. The summed E-state index contributed by atoms with van der Waals surface area (Å²) >= 11 is 0. The summed E-state index contributed by atoms with van der Waals surface area (Å²) in [6, 6.07) is 0. The van der Waals surface area contributed by atoms with Crippen LogP contribution >= 0.6 is 12.4 Å². The Kier molecular flexibility index (Phi) is 8.76. The molecule has 0 aromatic carbocycles. The molecule has 0 aromatic rings. The molecule has 0 spiro atoms. The van der Waals surface area contributed by atoms with E-state index in [1.807, 2.05) is 0 Å². The maximum absolute atomic E-state index is 11.3. The lowest BCUT2D eigenvalue weighted by Gasteiger charge is -2.08. The van der Waals surface area contributed by atoms with E-state index in [1.54, 1.807) is 7.11 Å². The fourth-order valence-corrected chi connectivity index (χ4v) is 1.68. The van der Waals surface area contributed by atoms with Gasteiger partial charge < -0.3 is 15.4 Å². The molecule has 1 atom stereocenters. The highest BCUT2D eigenvalue weighted by Gasteiger charge is 2.15. The molecule has 5 heteroatoms. The van der Waals surface area contributed by atoms with Crippen molar-refractivity contribution < 1.29 is 9.53 Å². The first-order valence-corrected chi connectivity index (χ1v) is 5.29. The lowest BCUT2D eigenvalue weighted by Crippen LogP contribution is -2.27. The average Bonchev–Trinajstić information content (AvgIpc) is 2.68. The Balaban J connectivity index is 0.00000196. The second-order valence-corrected chi connectivity index (χ2v) is 3.74. The molecule has 2 N–H and O–H groups in total. The third kappa shape index (κ3) is 6.71. The maximum Gasteiger partial charge on any atom is 0.220 e. The second-order valence-electron chi connectivity index (χ2n) is 3.74. The molecule has 1 fully saturated rings. The van der Waals surface area contributed by atoms with Gasteiger partial charge in [-0.1, -0.05) is 0 Å². The van der Waals surface area contributed by atoms with E-state index in [2.05, 4.69) is 10.6 Å². The van der Waals surface area contributed by atoms with E-state index < -0.39 is 0 Å². The Bertz CT molecular complexity index is 173. The quantitative estimate of drug-likeness (QED) is 0.663. The van der Waals surface area contributed by atoms with E-state index in [0.717, 1.165) is 19.5 Å². The van der Waals surface area contributed by atoms with Crippen LogP contribution < -0.4 is 10.6 Å². The molecule has 1 aliphatic rings. The molecule has 0 radical (unpaired) electrons. The van der Waals surface area contributed by atoms with Gasteiger partial charge in [-0.05, 0) is 31.8 Å². The van der Waals surface area contributed by atoms with Crippen molar-refractivity contribution in [1.82, 2.24) is 10.6 Å². The summed E-state index contributed by atoms with van der Waals surface area (Å²) in [5.74, 6) is 0.845. The Hall–Kier alpha value is -0.320. The number of hydrogen-bond donors (Lipinski definition) is 2. The van der Waals surface area contributed by atoms with E-state index in [4.69, 9.17) is 4.74 Å². The van der Waals surface area contributed by atoms with Crippen LogP contribution in [0.3, 0.4) is 0 Å². The maximum atomic E-state index is 11.3. The summed E-state index contributed by atoms with van der Waals surface area (Å²) in [5, 5.41) is 6.12. The number of carbonyl (C=O) groups excluding carboxylic acids is 1. The fourth-order valence-electron chi connectivity index (χ4n) is 1.68. The summed E-state index contributed by atoms with van der Waals surface area (Å²) in [4.78, 5) is 11.3. The molecule has 0 bridgehead atoms. The molecule has 15 heavy (non-hydrogen) atoms. The molecule has 1 amide bonds. The topological polar surface area (TPSA) is 50.4 Å². The van der Waals surface area contributed by atoms with Gasteiger partial charge in [0, 0.05) is 20.1 Å². The Morgan fingerprint density at radius 3 is 3.00 bits per heavy atom. The smallest absolute Gasteiger partial charge is 0.220 e. The molecule has 1 saturated heterocycles. The SMILES string of the molecule is COCCNC(=O)CCC1CCNC1.Cl. The molecule has 90 valence electrons. The van der Waals surface area contributed by atoms with E-state index in [0.29, 0.717) is 25.5 Å². The van der Waals surface area contributed by atoms with E-state index in [1.165, 1.54) is 6.42 Å². The highest BCUT2D eigenvalue weighted by atomic mass is 35.5. The van der Waals surface area contributed by atoms with Gasteiger partial charge in [0.25, 0.3) is 0 Å². The molecule has 1 unspecified atom stereocenters. The highest BCUT2D eigenvalue weighted by molar-refractivity contribution is 5.85. The van der Waals surface area contributed by atoms with Crippen molar-refractivity contribution in [3.8, 4) is 0 Å². The predicted octanol–water partition coefficient (Wildman–Crippen LogP) is 0.560. The largest absolute Gasteiger partial charge is 0.383 e. The summed E-state index contributed by atoms with van der Waals surface area (Å²) in [6.07, 6.45) is 2.87. The molecule has 1 aliphatic heterocycles. The first-order valence-electron chi connectivity index (χ1n) is 5.29. The minimum absolute atomic E-state index is 0. The monoisotopic (exact) mass is 236 g/mol. The van der Waals surface area contributed by atoms with Gasteiger partial charge in [0.05, 0.1) is 6.61 Å². The van der Waals surface area contributed by atoms with Crippen LogP contribution in [-0.2, 0) is 9.53 Å². The first-order chi connectivity index (χ1) is 6.83. The number of methoxy groups -OCH3 is 1. The van der Waals surface area contributed by atoms with Crippen LogP contribution in [0, 0.1) is 5.92 Å². The molecule has 1 rings (SSSR count). The Labute approximate surface area is 97.5 Å². The van der Waals surface area contributed by atoms with Crippen molar-refractivity contribution in [3.63, 3.8) is 0 Å². The van der Waals surface area contributed by atoms with E-state index in [-0.39, 0.29) is 18.3 Å². The molecular formula is C10H21ClN2O2. The molecule has 0 aliphatic carbocycles. The third-order valence-corrected chi connectivity index (χ3v) is 2.57. The zero-order valence-corrected chi connectivity index (χ0v) is 10.1. The lowest BCUT2D eigenvalue weighted by molar-refractivity contribution is -0.121. The number of ether oxygens (including phenoxy) is 1. The van der Waals surface area contributed by atoms with Crippen LogP contribution in [-0.4, -0.2) is 39.3 Å². The van der Waals surface area contributed by atoms with Crippen molar-refractivity contribution in [2.24, 2.45) is 5.92 Å². The minimum atomic E-state index is 0. The van der Waals surface area contributed by atoms with Crippen LogP contribution in [0.15, 0.2) is 0 Å². The van der Waals surface area contributed by atoms with Crippen LogP contribution in [0.2, 0.25) is 0 Å².